The molecule has 2 heterocycles. The monoisotopic (exact) mass is 384 g/mol. The van der Waals surface area contributed by atoms with Gasteiger partial charge >= 0.3 is 0 Å². The lowest BCUT2D eigenvalue weighted by atomic mass is 10.2. The Morgan fingerprint density at radius 1 is 1.36 bits per heavy atom. The number of nitrogens with one attached hydrogen (secondary N) is 1. The molecule has 132 valence electrons. The molecule has 0 saturated heterocycles. The van der Waals surface area contributed by atoms with E-state index >= 15 is 0 Å². The van der Waals surface area contributed by atoms with Crippen LogP contribution in [0.15, 0.2) is 40.0 Å². The lowest BCUT2D eigenvalue weighted by Crippen LogP contribution is -2.14. The topological polar surface area (TPSA) is 90.0 Å². The van der Waals surface area contributed by atoms with Crippen molar-refractivity contribution in [1.29, 1.82) is 0 Å². The molecule has 0 saturated carbocycles. The Balaban J connectivity index is 1.80. The fourth-order valence-corrected chi connectivity index (χ4v) is 3.98. The number of anilines is 1. The highest BCUT2D eigenvalue weighted by molar-refractivity contribution is 7.92. The van der Waals surface area contributed by atoms with E-state index in [1.54, 1.807) is 13.0 Å². The molecule has 0 fully saturated rings. The molecular formula is C15H14ClFN4O3S. The average Bonchev–Trinajstić information content (AvgIpc) is 3.08. The number of hydrogen-bond acceptors (Lipinski definition) is 5. The second-order valence-electron chi connectivity index (χ2n) is 5.42. The van der Waals surface area contributed by atoms with E-state index < -0.39 is 15.8 Å². The van der Waals surface area contributed by atoms with Crippen molar-refractivity contribution in [2.24, 2.45) is 0 Å². The molecule has 1 N–H and O–H groups in total. The van der Waals surface area contributed by atoms with Crippen LogP contribution in [0.4, 0.5) is 10.1 Å². The lowest BCUT2D eigenvalue weighted by Gasteiger charge is -2.06. The zero-order chi connectivity index (χ0) is 18.2. The first-order chi connectivity index (χ1) is 11.8. The summed E-state index contributed by atoms with van der Waals surface area (Å²) in [5.41, 5.74) is 1.21. The van der Waals surface area contributed by atoms with Crippen molar-refractivity contribution in [3.05, 3.63) is 58.5 Å². The summed E-state index contributed by atoms with van der Waals surface area (Å²) < 4.78 is 46.8. The average molecular weight is 385 g/mol. The van der Waals surface area contributed by atoms with Crippen LogP contribution in [0.3, 0.4) is 0 Å². The van der Waals surface area contributed by atoms with Crippen molar-refractivity contribution in [2.45, 2.75) is 25.3 Å². The standard InChI is InChI=1S/C15H14ClFN4O3S/c1-9-15(10(2)24-19-9)25(22,23)20-13-6-18-21(8-13)7-11-3-4-12(17)5-14(11)16/h3-6,8,20H,7H2,1-2H3. The number of aromatic nitrogens is 3. The Morgan fingerprint density at radius 3 is 2.76 bits per heavy atom. The zero-order valence-electron chi connectivity index (χ0n) is 13.3. The number of sulfonamides is 1. The minimum Gasteiger partial charge on any atom is -0.360 e. The first-order valence-corrected chi connectivity index (χ1v) is 9.04. The zero-order valence-corrected chi connectivity index (χ0v) is 14.9. The van der Waals surface area contributed by atoms with E-state index in [1.807, 2.05) is 0 Å². The van der Waals surface area contributed by atoms with Gasteiger partial charge in [0.05, 0.1) is 18.4 Å². The largest absolute Gasteiger partial charge is 0.360 e. The van der Waals surface area contributed by atoms with Crippen LogP contribution in [0.25, 0.3) is 0 Å². The van der Waals surface area contributed by atoms with Crippen molar-refractivity contribution in [3.63, 3.8) is 0 Å². The minimum absolute atomic E-state index is 0.00169. The summed E-state index contributed by atoms with van der Waals surface area (Å²) in [6.45, 7) is 3.34. The van der Waals surface area contributed by atoms with Gasteiger partial charge < -0.3 is 4.52 Å². The molecule has 2 aromatic heterocycles. The summed E-state index contributed by atoms with van der Waals surface area (Å²) >= 11 is 5.99. The molecule has 25 heavy (non-hydrogen) atoms. The summed E-state index contributed by atoms with van der Waals surface area (Å²) in [4.78, 5) is 0.00169. The third-order valence-corrected chi connectivity index (χ3v) is 5.45. The van der Waals surface area contributed by atoms with E-state index in [0.717, 1.165) is 0 Å². The first-order valence-electron chi connectivity index (χ1n) is 7.18. The Kier molecular flexibility index (Phi) is 4.53. The van der Waals surface area contributed by atoms with Crippen LogP contribution in [0.1, 0.15) is 17.0 Å². The van der Waals surface area contributed by atoms with E-state index in [0.29, 0.717) is 5.56 Å². The van der Waals surface area contributed by atoms with Crippen LogP contribution in [0.5, 0.6) is 0 Å². The SMILES string of the molecule is Cc1noc(C)c1S(=O)(=O)Nc1cnn(Cc2ccc(F)cc2Cl)c1. The number of hydrogen-bond donors (Lipinski definition) is 1. The molecule has 10 heteroatoms. The quantitative estimate of drug-likeness (QED) is 0.729. The number of halogens is 2. The molecule has 0 spiro atoms. The molecular weight excluding hydrogens is 371 g/mol. The number of benzene rings is 1. The number of rotatable bonds is 5. The number of nitrogens with zero attached hydrogens (tertiary/aromatic N) is 3. The third-order valence-electron chi connectivity index (χ3n) is 3.47. The maximum atomic E-state index is 13.1. The predicted octanol–water partition coefficient (Wildman–Crippen LogP) is 3.13. The van der Waals surface area contributed by atoms with Gasteiger partial charge in [0, 0.05) is 11.2 Å². The van der Waals surface area contributed by atoms with E-state index in [9.17, 15) is 12.8 Å². The van der Waals surface area contributed by atoms with Gasteiger partial charge in [-0.1, -0.05) is 22.8 Å². The Hall–Kier alpha value is -2.39. The van der Waals surface area contributed by atoms with Crippen molar-refractivity contribution < 1.29 is 17.3 Å². The Labute approximate surface area is 148 Å². The van der Waals surface area contributed by atoms with E-state index in [4.69, 9.17) is 16.1 Å². The van der Waals surface area contributed by atoms with Gasteiger partial charge in [-0.15, -0.1) is 0 Å². The van der Waals surface area contributed by atoms with Crippen molar-refractivity contribution in [3.8, 4) is 0 Å². The van der Waals surface area contributed by atoms with Gasteiger partial charge in [-0.2, -0.15) is 5.10 Å². The van der Waals surface area contributed by atoms with Crippen LogP contribution in [-0.2, 0) is 16.6 Å². The maximum absolute atomic E-state index is 13.1. The predicted molar refractivity (Wildman–Crippen MR) is 89.5 cm³/mol. The molecule has 0 bridgehead atoms. The second-order valence-corrected chi connectivity index (χ2v) is 7.45. The molecule has 7 nitrogen and oxygen atoms in total. The van der Waals surface area contributed by atoms with Crippen molar-refractivity contribution in [2.75, 3.05) is 4.72 Å². The molecule has 0 radical (unpaired) electrons. The molecule has 0 unspecified atom stereocenters. The lowest BCUT2D eigenvalue weighted by molar-refractivity contribution is 0.390. The number of aryl methyl sites for hydroxylation is 2. The Morgan fingerprint density at radius 2 is 2.12 bits per heavy atom. The minimum atomic E-state index is -3.84. The summed E-state index contributed by atoms with van der Waals surface area (Å²) in [7, 11) is -3.84. The molecule has 3 aromatic rings. The third kappa shape index (κ3) is 3.67. The summed E-state index contributed by atoms with van der Waals surface area (Å²) in [6, 6.07) is 4.06. The molecule has 0 aliphatic rings. The van der Waals surface area contributed by atoms with Crippen LogP contribution in [0, 0.1) is 19.7 Å². The van der Waals surface area contributed by atoms with Gasteiger partial charge in [0.25, 0.3) is 10.0 Å². The smallest absolute Gasteiger partial charge is 0.267 e. The van der Waals surface area contributed by atoms with Crippen LogP contribution >= 0.6 is 11.6 Å². The van der Waals surface area contributed by atoms with Crippen LogP contribution in [-0.4, -0.2) is 23.4 Å². The van der Waals surface area contributed by atoms with Crippen LogP contribution in [0.2, 0.25) is 5.02 Å². The fourth-order valence-electron chi connectivity index (χ4n) is 2.39. The van der Waals surface area contributed by atoms with Crippen molar-refractivity contribution in [1.82, 2.24) is 14.9 Å². The molecule has 0 amide bonds. The van der Waals surface area contributed by atoms with E-state index in [2.05, 4.69) is 15.0 Å². The van der Waals surface area contributed by atoms with Crippen molar-refractivity contribution >= 4 is 27.3 Å². The summed E-state index contributed by atoms with van der Waals surface area (Å²) in [6.07, 6.45) is 2.88. The molecule has 0 atom stereocenters. The highest BCUT2D eigenvalue weighted by Gasteiger charge is 2.24. The summed E-state index contributed by atoms with van der Waals surface area (Å²) in [5, 5.41) is 8.00. The van der Waals surface area contributed by atoms with Gasteiger partial charge in [0.15, 0.2) is 10.7 Å². The molecule has 0 aliphatic heterocycles. The van der Waals surface area contributed by atoms with Gasteiger partial charge in [0.1, 0.15) is 11.5 Å². The highest BCUT2D eigenvalue weighted by Crippen LogP contribution is 2.23. The second kappa shape index (κ2) is 6.49. The van der Waals surface area contributed by atoms with Gasteiger partial charge in [0.2, 0.25) is 0 Å². The summed E-state index contributed by atoms with van der Waals surface area (Å²) in [5.74, 6) is -0.224. The highest BCUT2D eigenvalue weighted by atomic mass is 35.5. The van der Waals surface area contributed by atoms with Gasteiger partial charge in [-0.3, -0.25) is 9.40 Å². The van der Waals surface area contributed by atoms with Gasteiger partial charge in [-0.25, -0.2) is 12.8 Å². The molecule has 1 aromatic carbocycles. The first kappa shape index (κ1) is 17.4. The maximum Gasteiger partial charge on any atom is 0.267 e. The fraction of sp³-hybridized carbons (Fsp3) is 0.200. The van der Waals surface area contributed by atoms with Crippen LogP contribution < -0.4 is 4.72 Å². The molecule has 0 aliphatic carbocycles. The Bertz CT molecular complexity index is 1010. The van der Waals surface area contributed by atoms with Gasteiger partial charge in [-0.05, 0) is 31.5 Å². The van der Waals surface area contributed by atoms with E-state index in [1.165, 1.54) is 36.1 Å². The van der Waals surface area contributed by atoms with E-state index in [-0.39, 0.29) is 33.6 Å². The molecule has 3 rings (SSSR count). The normalized spacial score (nSPS) is 11.7.